The summed E-state index contributed by atoms with van der Waals surface area (Å²) in [4.78, 5) is 14.4. The number of hydrogen-bond donors (Lipinski definition) is 1. The van der Waals surface area contributed by atoms with Gasteiger partial charge in [-0.15, -0.1) is 0 Å². The van der Waals surface area contributed by atoms with E-state index in [0.717, 1.165) is 16.9 Å². The molecule has 0 amide bonds. The lowest BCUT2D eigenvalue weighted by molar-refractivity contribution is -0.391. The van der Waals surface area contributed by atoms with E-state index < -0.39 is 4.92 Å². The topological polar surface area (TPSA) is 94.6 Å². The second kappa shape index (κ2) is 6.53. The molecular formula is C16H17N5O3. The zero-order chi connectivity index (χ0) is 17.1. The van der Waals surface area contributed by atoms with Crippen molar-refractivity contribution < 1.29 is 9.66 Å². The monoisotopic (exact) mass is 327 g/mol. The molecule has 0 aliphatic carbocycles. The first-order valence-corrected chi connectivity index (χ1v) is 7.54. The highest BCUT2D eigenvalue weighted by Crippen LogP contribution is 2.22. The van der Waals surface area contributed by atoms with Gasteiger partial charge >= 0.3 is 5.82 Å². The summed E-state index contributed by atoms with van der Waals surface area (Å²) < 4.78 is 6.86. The van der Waals surface area contributed by atoms with Gasteiger partial charge in [-0.05, 0) is 36.5 Å². The maximum Gasteiger partial charge on any atom is 0.368 e. The summed E-state index contributed by atoms with van der Waals surface area (Å²) in [6.45, 7) is 5.03. The predicted octanol–water partition coefficient (Wildman–Crippen LogP) is 2.96. The number of anilines is 1. The van der Waals surface area contributed by atoms with Gasteiger partial charge in [-0.3, -0.25) is 0 Å². The number of aryl methyl sites for hydroxylation is 1. The average molecular weight is 327 g/mol. The van der Waals surface area contributed by atoms with Crippen LogP contribution in [0.25, 0.3) is 5.65 Å². The first-order valence-electron chi connectivity index (χ1n) is 7.54. The van der Waals surface area contributed by atoms with Crippen molar-refractivity contribution in [2.75, 3.05) is 11.9 Å². The largest absolute Gasteiger partial charge is 0.494 e. The highest BCUT2D eigenvalue weighted by atomic mass is 16.6. The van der Waals surface area contributed by atoms with E-state index in [9.17, 15) is 10.1 Å². The van der Waals surface area contributed by atoms with Gasteiger partial charge in [-0.25, -0.2) is 4.98 Å². The van der Waals surface area contributed by atoms with Gasteiger partial charge < -0.3 is 20.2 Å². The molecule has 3 rings (SSSR count). The maximum atomic E-state index is 11.0. The molecule has 0 saturated heterocycles. The van der Waals surface area contributed by atoms with Gasteiger partial charge in [0.15, 0.2) is 5.82 Å². The number of fused-ring (bicyclic) bond motifs is 1. The second-order valence-electron chi connectivity index (χ2n) is 5.26. The first-order chi connectivity index (χ1) is 11.6. The molecule has 124 valence electrons. The van der Waals surface area contributed by atoms with Crippen LogP contribution in [0.15, 0.2) is 36.5 Å². The van der Waals surface area contributed by atoms with Crippen molar-refractivity contribution in [2.45, 2.75) is 20.4 Å². The van der Waals surface area contributed by atoms with Crippen LogP contribution < -0.4 is 10.1 Å². The predicted molar refractivity (Wildman–Crippen MR) is 89.3 cm³/mol. The number of ether oxygens (including phenoxy) is 1. The zero-order valence-electron chi connectivity index (χ0n) is 13.4. The van der Waals surface area contributed by atoms with Crippen molar-refractivity contribution in [3.8, 4) is 5.75 Å². The number of hydrogen-bond acceptors (Lipinski definition) is 6. The first kappa shape index (κ1) is 15.7. The lowest BCUT2D eigenvalue weighted by atomic mass is 10.1. The quantitative estimate of drug-likeness (QED) is 0.552. The third-order valence-electron chi connectivity index (χ3n) is 3.51. The van der Waals surface area contributed by atoms with Crippen LogP contribution in [-0.2, 0) is 6.54 Å². The van der Waals surface area contributed by atoms with Crippen LogP contribution in [0.1, 0.15) is 18.1 Å². The number of nitro groups is 1. The molecule has 2 aromatic heterocycles. The molecule has 0 fully saturated rings. The van der Waals surface area contributed by atoms with Crippen molar-refractivity contribution in [2.24, 2.45) is 0 Å². The summed E-state index contributed by atoms with van der Waals surface area (Å²) in [5, 5.41) is 18.4. The number of aromatic nitrogens is 3. The summed E-state index contributed by atoms with van der Waals surface area (Å²) in [5.41, 5.74) is 2.54. The number of rotatable bonds is 6. The van der Waals surface area contributed by atoms with Crippen molar-refractivity contribution in [3.63, 3.8) is 0 Å². The van der Waals surface area contributed by atoms with Crippen LogP contribution in [0.2, 0.25) is 0 Å². The van der Waals surface area contributed by atoms with Gasteiger partial charge in [0, 0.05) is 18.2 Å². The molecule has 0 aliphatic rings. The maximum absolute atomic E-state index is 11.0. The van der Waals surface area contributed by atoms with E-state index in [-0.39, 0.29) is 5.82 Å². The normalized spacial score (nSPS) is 10.8. The number of benzene rings is 1. The van der Waals surface area contributed by atoms with Gasteiger partial charge in [-0.2, -0.15) is 0 Å². The summed E-state index contributed by atoms with van der Waals surface area (Å²) in [7, 11) is 0. The van der Waals surface area contributed by atoms with E-state index >= 15 is 0 Å². The standard InChI is InChI=1S/C16H17N5O3/c1-3-24-13-8-11(2)4-5-12(13)9-17-14-6-7-15-18-10-16(21(22)23)20(15)19-14/h4-8,10H,3,9H2,1-2H3,(H,17,19). The summed E-state index contributed by atoms with van der Waals surface area (Å²) in [5.74, 6) is 1.17. The number of nitrogens with zero attached hydrogens (tertiary/aromatic N) is 4. The number of nitrogens with one attached hydrogen (secondary N) is 1. The fourth-order valence-electron chi connectivity index (χ4n) is 2.36. The van der Waals surface area contributed by atoms with E-state index in [1.54, 1.807) is 12.1 Å². The molecule has 0 atom stereocenters. The highest BCUT2D eigenvalue weighted by Gasteiger charge is 2.16. The van der Waals surface area contributed by atoms with Crippen molar-refractivity contribution >= 4 is 17.3 Å². The van der Waals surface area contributed by atoms with E-state index in [2.05, 4.69) is 15.4 Å². The molecule has 8 heteroatoms. The molecule has 0 spiro atoms. The summed E-state index contributed by atoms with van der Waals surface area (Å²) >= 11 is 0. The Labute approximate surface area is 138 Å². The lowest BCUT2D eigenvalue weighted by Gasteiger charge is -2.12. The van der Waals surface area contributed by atoms with Gasteiger partial charge in [0.1, 0.15) is 11.9 Å². The van der Waals surface area contributed by atoms with Crippen LogP contribution in [0.3, 0.4) is 0 Å². The fraction of sp³-hybridized carbons (Fsp3) is 0.250. The number of imidazole rings is 1. The lowest BCUT2D eigenvalue weighted by Crippen LogP contribution is -2.07. The minimum Gasteiger partial charge on any atom is -0.494 e. The minimum absolute atomic E-state index is 0.168. The smallest absolute Gasteiger partial charge is 0.368 e. The van der Waals surface area contributed by atoms with Crippen LogP contribution in [0.4, 0.5) is 11.6 Å². The van der Waals surface area contributed by atoms with Crippen molar-refractivity contribution in [1.82, 2.24) is 14.6 Å². The minimum atomic E-state index is -0.510. The molecule has 0 radical (unpaired) electrons. The zero-order valence-corrected chi connectivity index (χ0v) is 13.4. The SMILES string of the molecule is CCOc1cc(C)ccc1CNc1ccc2ncc([N+](=O)[O-])n2n1. The van der Waals surface area contributed by atoms with Gasteiger partial charge in [-0.1, -0.05) is 21.7 Å². The molecule has 0 aliphatic heterocycles. The van der Waals surface area contributed by atoms with Crippen LogP contribution in [0, 0.1) is 17.0 Å². The average Bonchev–Trinajstić information content (AvgIpc) is 2.98. The van der Waals surface area contributed by atoms with E-state index in [1.165, 1.54) is 10.7 Å². The fourth-order valence-corrected chi connectivity index (χ4v) is 2.36. The molecular weight excluding hydrogens is 310 g/mol. The van der Waals surface area contributed by atoms with Gasteiger partial charge in [0.25, 0.3) is 0 Å². The van der Waals surface area contributed by atoms with Crippen molar-refractivity contribution in [1.29, 1.82) is 0 Å². The molecule has 8 nitrogen and oxygen atoms in total. The second-order valence-corrected chi connectivity index (χ2v) is 5.26. The summed E-state index contributed by atoms with van der Waals surface area (Å²) in [6.07, 6.45) is 1.19. The van der Waals surface area contributed by atoms with Gasteiger partial charge in [0.2, 0.25) is 5.65 Å². The van der Waals surface area contributed by atoms with E-state index in [1.807, 2.05) is 32.0 Å². The summed E-state index contributed by atoms with van der Waals surface area (Å²) in [6, 6.07) is 9.40. The highest BCUT2D eigenvalue weighted by molar-refractivity contribution is 5.49. The van der Waals surface area contributed by atoms with E-state index in [4.69, 9.17) is 4.74 Å². The van der Waals surface area contributed by atoms with Crippen LogP contribution in [-0.4, -0.2) is 26.1 Å². The Morgan fingerprint density at radius 3 is 2.92 bits per heavy atom. The van der Waals surface area contributed by atoms with Crippen LogP contribution >= 0.6 is 0 Å². The molecule has 1 aromatic carbocycles. The Hall–Kier alpha value is -3.16. The molecule has 1 N–H and O–H groups in total. The Balaban J connectivity index is 1.83. The molecule has 3 aromatic rings. The van der Waals surface area contributed by atoms with Crippen LogP contribution in [0.5, 0.6) is 5.75 Å². The Morgan fingerprint density at radius 2 is 2.17 bits per heavy atom. The molecule has 2 heterocycles. The molecule has 0 bridgehead atoms. The Morgan fingerprint density at radius 1 is 1.33 bits per heavy atom. The van der Waals surface area contributed by atoms with Crippen molar-refractivity contribution in [3.05, 3.63) is 57.8 Å². The Bertz CT molecular complexity index is 891. The molecule has 24 heavy (non-hydrogen) atoms. The molecule has 0 unspecified atom stereocenters. The third-order valence-corrected chi connectivity index (χ3v) is 3.51. The molecule has 0 saturated carbocycles. The van der Waals surface area contributed by atoms with E-state index in [0.29, 0.717) is 24.6 Å². The van der Waals surface area contributed by atoms with Gasteiger partial charge in [0.05, 0.1) is 6.61 Å². The third kappa shape index (κ3) is 3.12. The Kier molecular flexibility index (Phi) is 4.28.